The van der Waals surface area contributed by atoms with Crippen LogP contribution in [0, 0.1) is 5.92 Å². The number of carbonyl (C=O) groups is 1. The summed E-state index contributed by atoms with van der Waals surface area (Å²) in [4.78, 5) is 13.7. The van der Waals surface area contributed by atoms with E-state index < -0.39 is 48.6 Å². The second kappa shape index (κ2) is 6.55. The highest BCUT2D eigenvalue weighted by atomic mass is 16.5. The van der Waals surface area contributed by atoms with Crippen molar-refractivity contribution in [2.24, 2.45) is 17.4 Å². The minimum atomic E-state index is -1.46. The first-order chi connectivity index (χ1) is 9.27. The number of rotatable bonds is 5. The molecule has 1 aliphatic rings. The molecule has 1 heterocycles. The highest BCUT2D eigenvalue weighted by Gasteiger charge is 2.41. The van der Waals surface area contributed by atoms with Crippen LogP contribution in [-0.4, -0.2) is 63.3 Å². The summed E-state index contributed by atoms with van der Waals surface area (Å²) in [5.74, 6) is -2.27. The zero-order valence-corrected chi connectivity index (χ0v) is 10.9. The molecule has 0 bridgehead atoms. The monoisotopic (exact) mass is 290 g/mol. The SMILES string of the molecule is C[C@H]1[C@H]([C@H](O)[C@H](O)CO)OC(C(=O)O)=C[C@@H]1[NH+]=C(N)N. The highest BCUT2D eigenvalue weighted by Crippen LogP contribution is 2.25. The van der Waals surface area contributed by atoms with Gasteiger partial charge < -0.3 is 25.2 Å². The summed E-state index contributed by atoms with van der Waals surface area (Å²) >= 11 is 0. The van der Waals surface area contributed by atoms with Crippen LogP contribution in [0.25, 0.3) is 0 Å². The van der Waals surface area contributed by atoms with Crippen LogP contribution in [0.3, 0.4) is 0 Å². The van der Waals surface area contributed by atoms with Crippen molar-refractivity contribution in [2.45, 2.75) is 31.3 Å². The van der Waals surface area contributed by atoms with Crippen molar-refractivity contribution in [2.75, 3.05) is 6.61 Å². The summed E-state index contributed by atoms with van der Waals surface area (Å²) in [5, 5.41) is 37.2. The van der Waals surface area contributed by atoms with Gasteiger partial charge in [0, 0.05) is 12.0 Å². The molecule has 5 atom stereocenters. The van der Waals surface area contributed by atoms with Gasteiger partial charge in [0.1, 0.15) is 24.4 Å². The molecule has 20 heavy (non-hydrogen) atoms. The maximum Gasteiger partial charge on any atom is 0.370 e. The molecule has 0 amide bonds. The number of nitrogens with two attached hydrogens (primary N) is 2. The van der Waals surface area contributed by atoms with E-state index in [0.717, 1.165) is 0 Å². The molecule has 0 spiro atoms. The fourth-order valence-corrected chi connectivity index (χ4v) is 2.01. The molecule has 1 aliphatic heterocycles. The first kappa shape index (κ1) is 16.2. The smallest absolute Gasteiger partial charge is 0.370 e. The van der Waals surface area contributed by atoms with Crippen molar-refractivity contribution in [3.63, 3.8) is 0 Å². The van der Waals surface area contributed by atoms with E-state index >= 15 is 0 Å². The number of carboxylic acids is 1. The van der Waals surface area contributed by atoms with Crippen molar-refractivity contribution in [3.8, 4) is 0 Å². The number of hydrogen-bond donors (Lipinski definition) is 7. The number of carboxylic acid groups (broad SMARTS) is 1. The lowest BCUT2D eigenvalue weighted by molar-refractivity contribution is -0.506. The molecule has 0 saturated carbocycles. The number of nitrogens with one attached hydrogen (secondary N) is 1. The van der Waals surface area contributed by atoms with Gasteiger partial charge in [0.2, 0.25) is 5.76 Å². The first-order valence-corrected chi connectivity index (χ1v) is 6.01. The van der Waals surface area contributed by atoms with Crippen molar-refractivity contribution >= 4 is 11.9 Å². The molecule has 1 rings (SSSR count). The van der Waals surface area contributed by atoms with E-state index in [9.17, 15) is 15.0 Å². The third-order valence-corrected chi connectivity index (χ3v) is 3.14. The average Bonchev–Trinajstić information content (AvgIpc) is 2.38. The van der Waals surface area contributed by atoms with E-state index in [1.807, 2.05) is 0 Å². The van der Waals surface area contributed by atoms with E-state index in [1.54, 1.807) is 6.92 Å². The van der Waals surface area contributed by atoms with Gasteiger partial charge in [-0.2, -0.15) is 0 Å². The van der Waals surface area contributed by atoms with Gasteiger partial charge in [-0.3, -0.25) is 16.5 Å². The fraction of sp³-hybridized carbons (Fsp3) is 0.636. The normalized spacial score (nSPS) is 28.8. The quantitative estimate of drug-likeness (QED) is 0.196. The molecule has 9 nitrogen and oxygen atoms in total. The standard InChI is InChI=1S/C11H19N3O6/c1-4-5(14-11(12)13)2-7(10(18)19)20-9(4)8(17)6(16)3-15/h2,4-6,8-9,15-17H,3H2,1H3,(H,18,19)(H4,12,13,14)/p+1/t4-,5+,6-,8-,9-/m1/s1. The maximum absolute atomic E-state index is 11.0. The molecule has 0 radical (unpaired) electrons. The molecule has 0 saturated heterocycles. The van der Waals surface area contributed by atoms with E-state index in [2.05, 4.69) is 4.99 Å². The third-order valence-electron chi connectivity index (χ3n) is 3.14. The first-order valence-electron chi connectivity index (χ1n) is 6.01. The molecular formula is C11H20N3O6+. The highest BCUT2D eigenvalue weighted by molar-refractivity contribution is 5.84. The maximum atomic E-state index is 11.0. The van der Waals surface area contributed by atoms with E-state index in [0.29, 0.717) is 0 Å². The van der Waals surface area contributed by atoms with Crippen molar-refractivity contribution < 1.29 is 34.9 Å². The van der Waals surface area contributed by atoms with Gasteiger partial charge in [0.05, 0.1) is 6.61 Å². The Labute approximate surface area is 115 Å². The summed E-state index contributed by atoms with van der Waals surface area (Å²) in [5.41, 5.74) is 10.7. The van der Waals surface area contributed by atoms with E-state index in [4.69, 9.17) is 26.4 Å². The Hall–Kier alpha value is -1.84. The van der Waals surface area contributed by atoms with Crippen LogP contribution in [-0.2, 0) is 9.53 Å². The molecule has 0 aromatic rings. The molecule has 0 aliphatic carbocycles. The molecule has 0 fully saturated rings. The topological polar surface area (TPSA) is 173 Å². The van der Waals surface area contributed by atoms with Gasteiger partial charge in [-0.1, -0.05) is 6.92 Å². The minimum Gasteiger partial charge on any atom is -0.480 e. The molecule has 9 N–H and O–H groups in total. The number of aliphatic hydroxyl groups is 3. The Kier molecular flexibility index (Phi) is 5.31. The number of aliphatic carboxylic acids is 1. The Morgan fingerprint density at radius 1 is 1.50 bits per heavy atom. The van der Waals surface area contributed by atoms with Crippen molar-refractivity contribution in [1.29, 1.82) is 0 Å². The van der Waals surface area contributed by atoms with E-state index in [1.165, 1.54) is 6.08 Å². The lowest BCUT2D eigenvalue weighted by Crippen LogP contribution is -2.86. The number of aliphatic hydroxyl groups excluding tert-OH is 3. The molecule has 0 unspecified atom stereocenters. The van der Waals surface area contributed by atoms with Crippen LogP contribution in [0.2, 0.25) is 0 Å². The number of guanidine groups is 1. The predicted octanol–water partition coefficient (Wildman–Crippen LogP) is -4.57. The largest absolute Gasteiger partial charge is 0.480 e. The lowest BCUT2D eigenvalue weighted by atomic mass is 9.88. The van der Waals surface area contributed by atoms with Crippen LogP contribution in [0.15, 0.2) is 11.8 Å². The number of hydrogen-bond acceptors (Lipinski definition) is 5. The Balaban J connectivity index is 3.07. The molecule has 114 valence electrons. The zero-order valence-electron chi connectivity index (χ0n) is 10.9. The van der Waals surface area contributed by atoms with Gasteiger partial charge in [0.15, 0.2) is 0 Å². The zero-order chi connectivity index (χ0) is 15.4. The van der Waals surface area contributed by atoms with Crippen LogP contribution in [0.1, 0.15) is 6.92 Å². The Morgan fingerprint density at radius 3 is 2.55 bits per heavy atom. The summed E-state index contributed by atoms with van der Waals surface area (Å²) in [6.07, 6.45) is -2.66. The van der Waals surface area contributed by atoms with Crippen molar-refractivity contribution in [1.82, 2.24) is 0 Å². The van der Waals surface area contributed by atoms with Crippen LogP contribution in [0.4, 0.5) is 0 Å². The molecule has 9 heteroatoms. The lowest BCUT2D eigenvalue weighted by Gasteiger charge is -2.36. The van der Waals surface area contributed by atoms with Gasteiger partial charge in [-0.05, 0) is 0 Å². The fourth-order valence-electron chi connectivity index (χ4n) is 2.01. The Bertz CT molecular complexity index is 420. The van der Waals surface area contributed by atoms with Gasteiger partial charge in [-0.15, -0.1) is 0 Å². The van der Waals surface area contributed by atoms with Gasteiger partial charge in [0.25, 0.3) is 0 Å². The van der Waals surface area contributed by atoms with E-state index in [-0.39, 0.29) is 5.96 Å². The van der Waals surface area contributed by atoms with Gasteiger partial charge in [-0.25, -0.2) is 4.79 Å². The number of ether oxygens (including phenoxy) is 1. The van der Waals surface area contributed by atoms with Crippen molar-refractivity contribution in [3.05, 3.63) is 11.8 Å². The summed E-state index contributed by atoms with van der Waals surface area (Å²) in [7, 11) is 0. The van der Waals surface area contributed by atoms with Crippen LogP contribution >= 0.6 is 0 Å². The van der Waals surface area contributed by atoms with Gasteiger partial charge >= 0.3 is 11.9 Å². The second-order valence-corrected chi connectivity index (χ2v) is 4.64. The minimum absolute atomic E-state index is 0.110. The average molecular weight is 290 g/mol. The molecule has 0 aromatic carbocycles. The van der Waals surface area contributed by atoms with Crippen LogP contribution in [0.5, 0.6) is 0 Å². The molecular weight excluding hydrogens is 270 g/mol. The Morgan fingerprint density at radius 2 is 2.10 bits per heavy atom. The molecule has 0 aromatic heterocycles. The summed E-state index contributed by atoms with van der Waals surface area (Å²) < 4.78 is 5.17. The third kappa shape index (κ3) is 3.59. The van der Waals surface area contributed by atoms with Crippen LogP contribution < -0.4 is 16.5 Å². The summed E-state index contributed by atoms with van der Waals surface area (Å²) in [6.45, 7) is 0.983. The predicted molar refractivity (Wildman–Crippen MR) is 67.0 cm³/mol. The second-order valence-electron chi connectivity index (χ2n) is 4.64. The summed E-state index contributed by atoms with van der Waals surface area (Å²) in [6, 6.07) is -0.592.